The average Bonchev–Trinajstić information content (AvgIpc) is 1.63. The van der Waals surface area contributed by atoms with Crippen molar-refractivity contribution in [2.45, 2.75) is 174 Å². The lowest BCUT2D eigenvalue weighted by molar-refractivity contribution is -0.143. The third-order valence-electron chi connectivity index (χ3n) is 13.3. The van der Waals surface area contributed by atoms with Crippen molar-refractivity contribution in [3.05, 3.63) is 119 Å². The fraction of sp³-hybridized carbons (Fsp3) is 0.515. The predicted octanol–water partition coefficient (Wildman–Crippen LogP) is 13.6. The van der Waals surface area contributed by atoms with Crippen LogP contribution in [0.4, 0.5) is 24.0 Å². The number of fused-ring (bicyclic) bond motifs is 6. The van der Waals surface area contributed by atoms with Crippen LogP contribution >= 0.6 is 61.2 Å². The zero-order valence-corrected chi connectivity index (χ0v) is 60.0. The van der Waals surface area contributed by atoms with Gasteiger partial charge in [-0.25, -0.2) is 33.6 Å². The number of carbonyl (C=O) groups is 8. The zero-order chi connectivity index (χ0) is 66.3. The second kappa shape index (κ2) is 42.1. The summed E-state index contributed by atoms with van der Waals surface area (Å²) in [6.07, 6.45) is 1.97. The molecule has 4 aromatic rings. The van der Waals surface area contributed by atoms with Crippen LogP contribution in [0.15, 0.2) is 97.1 Å². The maximum absolute atomic E-state index is 12.6. The monoisotopic (exact) mass is 1610 g/mol. The van der Waals surface area contributed by atoms with Crippen molar-refractivity contribution in [1.82, 2.24) is 26.6 Å². The SMILES string of the molecule is C.CC(C)(C)OC(=O)NCCCC[C@H](NC(=O)OCC1c2ccccc2-c2ccccc21)C(=O)O.COC(=O)[C@@H](N)CCCCNC(=O)OC(C)(C)C.COC(=O)[C@H](CCCCNC(=O)OC(C)(C)C)NC(=O)OCC1c2ccccc2-c2ccccc21.I.II. The minimum Gasteiger partial charge on any atom is -0.480 e. The van der Waals surface area contributed by atoms with Crippen molar-refractivity contribution in [2.24, 2.45) is 5.73 Å². The summed E-state index contributed by atoms with van der Waals surface area (Å²) in [4.78, 5) is 94.3. The number of carboxylic acid groups (broad SMARTS) is 1. The maximum atomic E-state index is 12.6. The fourth-order valence-electron chi connectivity index (χ4n) is 9.43. The van der Waals surface area contributed by atoms with Crippen molar-refractivity contribution in [3.63, 3.8) is 0 Å². The first-order valence-corrected chi connectivity index (χ1v) is 35.8. The first kappa shape index (κ1) is 82.8. The van der Waals surface area contributed by atoms with E-state index in [2.05, 4.69) is 80.7 Å². The molecule has 8 N–H and O–H groups in total. The number of unbranched alkanes of at least 4 members (excludes halogenated alkanes) is 3. The van der Waals surface area contributed by atoms with Gasteiger partial charge in [0.25, 0.3) is 0 Å². The third-order valence-corrected chi connectivity index (χ3v) is 13.3. The second-order valence-corrected chi connectivity index (χ2v) is 23.8. The highest BCUT2D eigenvalue weighted by Gasteiger charge is 2.32. The number of amides is 5. The molecule has 2 aliphatic carbocycles. The number of carbonyl (C=O) groups excluding carboxylic acids is 7. The first-order chi connectivity index (χ1) is 42.1. The number of halogens is 3. The van der Waals surface area contributed by atoms with E-state index in [-0.39, 0.29) is 62.9 Å². The summed E-state index contributed by atoms with van der Waals surface area (Å²) in [5, 5.41) is 22.5. The molecular weight excluding hydrogens is 1510 g/mol. The van der Waals surface area contributed by atoms with E-state index in [9.17, 15) is 43.5 Å². The molecule has 3 atom stereocenters. The molecule has 2 aliphatic rings. The summed E-state index contributed by atoms with van der Waals surface area (Å²) in [6, 6.07) is 29.7. The van der Waals surface area contributed by atoms with Gasteiger partial charge in [0, 0.05) is 68.7 Å². The lowest BCUT2D eigenvalue weighted by atomic mass is 9.98. The Morgan fingerprint density at radius 2 is 0.747 bits per heavy atom. The molecule has 0 fully saturated rings. The van der Waals surface area contributed by atoms with Crippen molar-refractivity contribution >= 4 is 110 Å². The Balaban J connectivity index is 0.000000699. The fourth-order valence-corrected chi connectivity index (χ4v) is 9.43. The molecule has 0 spiro atoms. The first-order valence-electron chi connectivity index (χ1n) is 29.5. The number of benzene rings is 4. The van der Waals surface area contributed by atoms with Gasteiger partial charge in [-0.3, -0.25) is 4.79 Å². The van der Waals surface area contributed by atoms with E-state index in [1.165, 1.54) is 14.2 Å². The molecule has 4 aromatic carbocycles. The number of ether oxygens (including phenoxy) is 7. The normalized spacial score (nSPS) is 12.7. The Labute approximate surface area is 577 Å². The number of esters is 2. The van der Waals surface area contributed by atoms with Gasteiger partial charge in [0.1, 0.15) is 48.1 Å². The Morgan fingerprint density at radius 1 is 0.462 bits per heavy atom. The van der Waals surface area contributed by atoms with E-state index < -0.39 is 83.3 Å². The van der Waals surface area contributed by atoms with Crippen LogP contribution in [0.5, 0.6) is 0 Å². The zero-order valence-electron chi connectivity index (χ0n) is 53.3. The summed E-state index contributed by atoms with van der Waals surface area (Å²) in [7, 11) is 2.59. The molecule has 25 heteroatoms. The number of carboxylic acids is 1. The average molecular weight is 1610 g/mol. The Morgan fingerprint density at radius 3 is 1.04 bits per heavy atom. The number of aliphatic carboxylic acids is 1. The lowest BCUT2D eigenvalue weighted by Gasteiger charge is -2.20. The van der Waals surface area contributed by atoms with Crippen LogP contribution < -0.4 is 32.3 Å². The molecule has 22 nitrogen and oxygen atoms in total. The molecule has 0 saturated carbocycles. The van der Waals surface area contributed by atoms with E-state index in [1.807, 2.05) is 106 Å². The van der Waals surface area contributed by atoms with Crippen LogP contribution in [0.2, 0.25) is 0 Å². The quantitative estimate of drug-likeness (QED) is 0.0148. The van der Waals surface area contributed by atoms with Crippen LogP contribution in [0, 0.1) is 0 Å². The molecule has 0 aromatic heterocycles. The highest BCUT2D eigenvalue weighted by Crippen LogP contribution is 2.45. The van der Waals surface area contributed by atoms with Gasteiger partial charge < -0.3 is 70.6 Å². The van der Waals surface area contributed by atoms with Crippen molar-refractivity contribution in [2.75, 3.05) is 47.1 Å². The van der Waals surface area contributed by atoms with E-state index in [1.54, 1.807) is 41.5 Å². The second-order valence-electron chi connectivity index (χ2n) is 23.8. The molecule has 91 heavy (non-hydrogen) atoms. The molecule has 0 unspecified atom stereocenters. The van der Waals surface area contributed by atoms with Crippen LogP contribution in [-0.4, -0.2) is 135 Å². The minimum atomic E-state index is -1.13. The van der Waals surface area contributed by atoms with E-state index in [0.717, 1.165) is 57.3 Å². The number of hydrogen-bond acceptors (Lipinski definition) is 16. The number of nitrogens with one attached hydrogen (secondary N) is 5. The molecular formula is C66H95I3N6O16. The predicted molar refractivity (Wildman–Crippen MR) is 378 cm³/mol. The standard InChI is InChI=1S/C27H34N2O6.C26H32N2O6.C12H24N2O4.CH4.I2.HI/c1-27(2,3)35-25(31)28-16-10-9-15-23(24(30)33-4)29-26(32)34-17-22-20-13-7-5-11-18(20)19-12-6-8-14-21(19)22;1-26(2,3)34-24(31)27-15-9-8-14-22(23(29)30)28-25(32)33-16-21-19-12-6-4-10-17(19)18-11-5-7-13-20(18)21;1-12(2,3)18-11(16)14-8-6-5-7-9(13)10(15)17-4;;1-2;/h5-8,11-14,22-23H,9-10,15-17H2,1-4H3,(H,28,31)(H,29,32);4-7,10-13,21-22H,8-9,14-16H2,1-3H3,(H,27,31)(H,28,32)(H,29,30);9H,5-8,13H2,1-4H3,(H,14,16);1H4;;1H/t23-;22-;9-;;;/m000.../s1. The number of alkyl carbamates (subject to hydrolysis) is 5. The summed E-state index contributed by atoms with van der Waals surface area (Å²) in [6.45, 7) is 17.7. The van der Waals surface area contributed by atoms with Crippen molar-refractivity contribution in [3.8, 4) is 22.3 Å². The van der Waals surface area contributed by atoms with Gasteiger partial charge in [0.15, 0.2) is 0 Å². The molecule has 0 aliphatic heterocycles. The largest absolute Gasteiger partial charge is 0.480 e. The van der Waals surface area contributed by atoms with Crippen LogP contribution in [0.25, 0.3) is 22.3 Å². The summed E-state index contributed by atoms with van der Waals surface area (Å²) >= 11 is 4.24. The van der Waals surface area contributed by atoms with Crippen LogP contribution in [0.1, 0.15) is 162 Å². The smallest absolute Gasteiger partial charge is 0.407 e. The van der Waals surface area contributed by atoms with Gasteiger partial charge in [-0.15, -0.1) is 24.0 Å². The highest BCUT2D eigenvalue weighted by molar-refractivity contribution is 15.0. The van der Waals surface area contributed by atoms with E-state index in [4.69, 9.17) is 34.2 Å². The van der Waals surface area contributed by atoms with E-state index >= 15 is 0 Å². The third kappa shape index (κ3) is 30.9. The highest BCUT2D eigenvalue weighted by atomic mass is 128. The topological polar surface area (TPSA) is 308 Å². The van der Waals surface area contributed by atoms with Gasteiger partial charge in [0.05, 0.1) is 14.2 Å². The maximum Gasteiger partial charge on any atom is 0.407 e. The summed E-state index contributed by atoms with van der Waals surface area (Å²) in [5.74, 6) is -2.24. The van der Waals surface area contributed by atoms with E-state index in [0.29, 0.717) is 58.2 Å². The number of rotatable bonds is 24. The summed E-state index contributed by atoms with van der Waals surface area (Å²) < 4.78 is 35.7. The van der Waals surface area contributed by atoms with Crippen LogP contribution in [0.3, 0.4) is 0 Å². The minimum absolute atomic E-state index is 0. The van der Waals surface area contributed by atoms with Crippen molar-refractivity contribution < 1.29 is 76.6 Å². The molecule has 0 bridgehead atoms. The molecule has 5 amide bonds. The van der Waals surface area contributed by atoms with Gasteiger partial charge in [0.2, 0.25) is 0 Å². The van der Waals surface area contributed by atoms with Gasteiger partial charge in [-0.1, -0.05) is 104 Å². The molecule has 6 rings (SSSR count). The van der Waals surface area contributed by atoms with Crippen LogP contribution in [-0.2, 0) is 47.5 Å². The Kier molecular flexibility index (Phi) is 38.3. The van der Waals surface area contributed by atoms with Crippen molar-refractivity contribution in [1.29, 1.82) is 0 Å². The molecule has 0 heterocycles. The number of methoxy groups -OCH3 is 2. The van der Waals surface area contributed by atoms with Gasteiger partial charge >= 0.3 is 48.4 Å². The van der Waals surface area contributed by atoms with Gasteiger partial charge in [-0.2, -0.15) is 0 Å². The molecule has 506 valence electrons. The molecule has 0 radical (unpaired) electrons. The number of nitrogens with two attached hydrogens (primary N) is 1. The molecule has 0 saturated heterocycles. The Bertz CT molecular complexity index is 2840. The number of hydrogen-bond donors (Lipinski definition) is 7. The van der Waals surface area contributed by atoms with Gasteiger partial charge in [-0.05, 0) is 165 Å². The summed E-state index contributed by atoms with van der Waals surface area (Å²) in [5.41, 5.74) is 12.9. The Hall–Kier alpha value is -6.21. The lowest BCUT2D eigenvalue weighted by Crippen LogP contribution is -2.42.